The molecule has 0 amide bonds. The van der Waals surface area contributed by atoms with E-state index in [1.807, 2.05) is 54.7 Å². The lowest BCUT2D eigenvalue weighted by atomic mass is 10.1. The van der Waals surface area contributed by atoms with Crippen molar-refractivity contribution in [1.82, 2.24) is 9.97 Å². The van der Waals surface area contributed by atoms with Crippen LogP contribution in [0.4, 0.5) is 5.82 Å². The second-order valence-electron chi connectivity index (χ2n) is 6.84. The third kappa shape index (κ3) is 3.98. The van der Waals surface area contributed by atoms with E-state index in [9.17, 15) is 0 Å². The highest BCUT2D eigenvalue weighted by Crippen LogP contribution is 2.27. The summed E-state index contributed by atoms with van der Waals surface area (Å²) in [4.78, 5) is 8.57. The summed E-state index contributed by atoms with van der Waals surface area (Å²) in [6.45, 7) is 2.70. The molecule has 0 saturated carbocycles. The van der Waals surface area contributed by atoms with Crippen LogP contribution in [0.5, 0.6) is 11.5 Å². The Balaban J connectivity index is 1.34. The first-order chi connectivity index (χ1) is 13.7. The van der Waals surface area contributed by atoms with Crippen LogP contribution < -0.4 is 15.2 Å². The number of anilines is 1. The molecule has 1 unspecified atom stereocenters. The van der Waals surface area contributed by atoms with Gasteiger partial charge in [-0.3, -0.25) is 4.98 Å². The van der Waals surface area contributed by atoms with Gasteiger partial charge in [0, 0.05) is 28.6 Å². The van der Waals surface area contributed by atoms with E-state index in [0.717, 1.165) is 46.0 Å². The second-order valence-corrected chi connectivity index (χ2v) is 6.84. The van der Waals surface area contributed by atoms with Crippen LogP contribution in [0.15, 0.2) is 67.0 Å². The summed E-state index contributed by atoms with van der Waals surface area (Å²) >= 11 is 0. The maximum atomic E-state index is 6.12. The minimum Gasteiger partial charge on any atom is -0.493 e. The minimum atomic E-state index is 0.0501. The van der Waals surface area contributed by atoms with Crippen LogP contribution in [-0.2, 0) is 0 Å². The number of benzene rings is 2. The number of para-hydroxylation sites is 1. The van der Waals surface area contributed by atoms with Crippen molar-refractivity contribution in [3.63, 3.8) is 0 Å². The van der Waals surface area contributed by atoms with E-state index >= 15 is 0 Å². The number of hydrogen-bond donors (Lipinski definition) is 1. The summed E-state index contributed by atoms with van der Waals surface area (Å²) < 4.78 is 12.1. The van der Waals surface area contributed by atoms with Crippen molar-refractivity contribution in [2.45, 2.75) is 25.9 Å². The van der Waals surface area contributed by atoms with Gasteiger partial charge in [-0.1, -0.05) is 24.3 Å². The number of ether oxygens (including phenoxy) is 2. The average Bonchev–Trinajstić information content (AvgIpc) is 2.72. The van der Waals surface area contributed by atoms with Crippen LogP contribution in [0.2, 0.25) is 0 Å². The quantitative estimate of drug-likeness (QED) is 0.462. The summed E-state index contributed by atoms with van der Waals surface area (Å²) in [6, 6.07) is 17.7. The third-order valence-electron chi connectivity index (χ3n) is 4.69. The zero-order valence-corrected chi connectivity index (χ0v) is 15.8. The zero-order valence-electron chi connectivity index (χ0n) is 15.8. The van der Waals surface area contributed by atoms with Crippen LogP contribution in [0, 0.1) is 0 Å². The van der Waals surface area contributed by atoms with Gasteiger partial charge in [0.05, 0.1) is 12.7 Å². The van der Waals surface area contributed by atoms with Crippen molar-refractivity contribution in [3.8, 4) is 11.5 Å². The highest BCUT2D eigenvalue weighted by molar-refractivity contribution is 5.87. The first-order valence-electron chi connectivity index (χ1n) is 9.48. The molecule has 142 valence electrons. The van der Waals surface area contributed by atoms with Crippen molar-refractivity contribution in [2.75, 3.05) is 12.3 Å². The van der Waals surface area contributed by atoms with Crippen molar-refractivity contribution in [3.05, 3.63) is 67.0 Å². The molecule has 1 atom stereocenters. The fraction of sp³-hybridized carbons (Fsp3) is 0.217. The minimum absolute atomic E-state index is 0.0501. The Bertz CT molecular complexity index is 1090. The van der Waals surface area contributed by atoms with E-state index in [4.69, 9.17) is 15.2 Å². The lowest BCUT2D eigenvalue weighted by Gasteiger charge is -2.16. The van der Waals surface area contributed by atoms with Gasteiger partial charge in [-0.15, -0.1) is 0 Å². The van der Waals surface area contributed by atoms with Crippen LogP contribution in [0.1, 0.15) is 19.8 Å². The second kappa shape index (κ2) is 8.13. The van der Waals surface area contributed by atoms with E-state index in [0.29, 0.717) is 12.4 Å². The number of hydrogen-bond acceptors (Lipinski definition) is 5. The molecule has 28 heavy (non-hydrogen) atoms. The predicted molar refractivity (Wildman–Crippen MR) is 113 cm³/mol. The summed E-state index contributed by atoms with van der Waals surface area (Å²) in [5.41, 5.74) is 6.63. The Kier molecular flexibility index (Phi) is 5.24. The average molecular weight is 373 g/mol. The Morgan fingerprint density at radius 3 is 2.68 bits per heavy atom. The summed E-state index contributed by atoms with van der Waals surface area (Å²) in [6.07, 6.45) is 5.46. The SMILES string of the molecule is CC(CCCOc1cccc2cnccc12)Oc1cccc2ccc(N)nc12. The van der Waals surface area contributed by atoms with Crippen LogP contribution in [-0.4, -0.2) is 22.7 Å². The Labute approximate surface area is 164 Å². The molecule has 0 aliphatic rings. The number of rotatable bonds is 7. The molecule has 4 rings (SSSR count). The maximum Gasteiger partial charge on any atom is 0.146 e. The molecule has 2 heterocycles. The Morgan fingerprint density at radius 1 is 0.964 bits per heavy atom. The molecule has 2 aromatic carbocycles. The lowest BCUT2D eigenvalue weighted by Crippen LogP contribution is -2.13. The van der Waals surface area contributed by atoms with Gasteiger partial charge in [0.1, 0.15) is 22.8 Å². The van der Waals surface area contributed by atoms with Gasteiger partial charge >= 0.3 is 0 Å². The van der Waals surface area contributed by atoms with Crippen molar-refractivity contribution in [2.24, 2.45) is 0 Å². The van der Waals surface area contributed by atoms with Gasteiger partial charge < -0.3 is 15.2 Å². The molecular formula is C23H23N3O2. The Morgan fingerprint density at radius 2 is 1.79 bits per heavy atom. The lowest BCUT2D eigenvalue weighted by molar-refractivity contribution is 0.196. The molecule has 0 aliphatic carbocycles. The first kappa shape index (κ1) is 18.0. The topological polar surface area (TPSA) is 70.3 Å². The smallest absolute Gasteiger partial charge is 0.146 e. The third-order valence-corrected chi connectivity index (χ3v) is 4.69. The molecular weight excluding hydrogens is 350 g/mol. The fourth-order valence-corrected chi connectivity index (χ4v) is 3.28. The van der Waals surface area contributed by atoms with Crippen molar-refractivity contribution < 1.29 is 9.47 Å². The van der Waals surface area contributed by atoms with Gasteiger partial charge in [-0.05, 0) is 50.1 Å². The fourth-order valence-electron chi connectivity index (χ4n) is 3.28. The Hall–Kier alpha value is -3.34. The van der Waals surface area contributed by atoms with Crippen LogP contribution in [0.3, 0.4) is 0 Å². The van der Waals surface area contributed by atoms with Gasteiger partial charge in [-0.2, -0.15) is 0 Å². The number of aromatic nitrogens is 2. The highest BCUT2D eigenvalue weighted by atomic mass is 16.5. The molecule has 2 aromatic heterocycles. The first-order valence-corrected chi connectivity index (χ1v) is 9.48. The molecule has 5 nitrogen and oxygen atoms in total. The van der Waals surface area contributed by atoms with E-state index in [1.165, 1.54) is 0 Å². The van der Waals surface area contributed by atoms with Gasteiger partial charge in [0.15, 0.2) is 0 Å². The number of pyridine rings is 2. The largest absolute Gasteiger partial charge is 0.493 e. The molecule has 5 heteroatoms. The van der Waals surface area contributed by atoms with Crippen molar-refractivity contribution >= 4 is 27.5 Å². The molecule has 2 N–H and O–H groups in total. The molecule has 0 spiro atoms. The van der Waals surface area contributed by atoms with E-state index < -0.39 is 0 Å². The maximum absolute atomic E-state index is 6.12. The normalized spacial score (nSPS) is 12.2. The van der Waals surface area contributed by atoms with Crippen LogP contribution in [0.25, 0.3) is 21.7 Å². The standard InChI is InChI=1S/C23H23N3O2/c1-16(28-21-9-2-6-17-10-11-22(24)26-23(17)21)5-4-14-27-20-8-3-7-18-15-25-13-12-19(18)20/h2-3,6-13,15-16H,4-5,14H2,1H3,(H2,24,26). The molecule has 0 saturated heterocycles. The molecule has 0 aliphatic heterocycles. The summed E-state index contributed by atoms with van der Waals surface area (Å²) in [5.74, 6) is 2.15. The molecule has 0 fully saturated rings. The summed E-state index contributed by atoms with van der Waals surface area (Å²) in [5, 5.41) is 3.19. The number of nitrogens with zero attached hydrogens (tertiary/aromatic N) is 2. The summed E-state index contributed by atoms with van der Waals surface area (Å²) in [7, 11) is 0. The number of nitrogens with two attached hydrogens (primary N) is 1. The molecule has 4 aromatic rings. The van der Waals surface area contributed by atoms with E-state index in [2.05, 4.69) is 16.9 Å². The van der Waals surface area contributed by atoms with Gasteiger partial charge in [0.25, 0.3) is 0 Å². The van der Waals surface area contributed by atoms with Crippen molar-refractivity contribution in [1.29, 1.82) is 0 Å². The van der Waals surface area contributed by atoms with Gasteiger partial charge in [-0.25, -0.2) is 4.98 Å². The number of nitrogen functional groups attached to an aromatic ring is 1. The predicted octanol–water partition coefficient (Wildman–Crippen LogP) is 4.99. The molecule has 0 radical (unpaired) electrons. The van der Waals surface area contributed by atoms with E-state index in [1.54, 1.807) is 12.3 Å². The highest BCUT2D eigenvalue weighted by Gasteiger charge is 2.09. The zero-order chi connectivity index (χ0) is 19.3. The monoisotopic (exact) mass is 373 g/mol. The van der Waals surface area contributed by atoms with E-state index in [-0.39, 0.29) is 6.10 Å². The van der Waals surface area contributed by atoms with Gasteiger partial charge in [0.2, 0.25) is 0 Å². The number of fused-ring (bicyclic) bond motifs is 2. The van der Waals surface area contributed by atoms with Crippen LogP contribution >= 0.6 is 0 Å². The molecule has 0 bridgehead atoms.